The molecule has 1 aromatic heterocycles. The molecular formula is C12H23N3OS. The van der Waals surface area contributed by atoms with E-state index in [0.29, 0.717) is 6.04 Å². The van der Waals surface area contributed by atoms with Gasteiger partial charge in [0.2, 0.25) is 0 Å². The summed E-state index contributed by atoms with van der Waals surface area (Å²) in [6.07, 6.45) is 0.231. The molecule has 0 N–H and O–H groups in total. The van der Waals surface area contributed by atoms with Gasteiger partial charge in [0.1, 0.15) is 0 Å². The Morgan fingerprint density at radius 2 is 2.06 bits per heavy atom. The van der Waals surface area contributed by atoms with Gasteiger partial charge in [-0.25, -0.2) is 4.31 Å². The molecule has 0 saturated carbocycles. The second kappa shape index (κ2) is 6.42. The summed E-state index contributed by atoms with van der Waals surface area (Å²) in [6, 6.07) is 2.54. The van der Waals surface area contributed by atoms with Crippen molar-refractivity contribution in [3.05, 3.63) is 17.5 Å². The molecule has 0 saturated heterocycles. The van der Waals surface area contributed by atoms with Gasteiger partial charge in [0.25, 0.3) is 0 Å². The average Bonchev–Trinajstić information content (AvgIpc) is 2.51. The van der Waals surface area contributed by atoms with Crippen LogP contribution in [0.5, 0.6) is 0 Å². The van der Waals surface area contributed by atoms with Crippen LogP contribution >= 0.6 is 12.2 Å². The number of aromatic nitrogens is 2. The van der Waals surface area contributed by atoms with Crippen molar-refractivity contribution in [3.8, 4) is 0 Å². The molecule has 98 valence electrons. The number of hydrogen-bond donors (Lipinski definition) is 0. The molecule has 17 heavy (non-hydrogen) atoms. The first kappa shape index (κ1) is 14.5. The summed E-state index contributed by atoms with van der Waals surface area (Å²) >= 11 is 1.44. The minimum atomic E-state index is 0.231. The summed E-state index contributed by atoms with van der Waals surface area (Å²) in [6.45, 7) is 11.3. The van der Waals surface area contributed by atoms with E-state index in [-0.39, 0.29) is 6.10 Å². The Bertz CT molecular complexity index is 350. The molecule has 0 aliphatic rings. The van der Waals surface area contributed by atoms with Crippen molar-refractivity contribution in [3.63, 3.8) is 0 Å². The Balaban J connectivity index is 2.63. The lowest BCUT2D eigenvalue weighted by Gasteiger charge is -2.24. The fraction of sp³-hybridized carbons (Fsp3) is 0.750. The molecule has 0 unspecified atom stereocenters. The summed E-state index contributed by atoms with van der Waals surface area (Å²) in [5.41, 5.74) is 2.26. The highest BCUT2D eigenvalue weighted by molar-refractivity contribution is 7.92. The minimum Gasteiger partial charge on any atom is -0.298 e. The maximum Gasteiger partial charge on any atom is 0.0828 e. The molecule has 0 atom stereocenters. The molecule has 0 bridgehead atoms. The van der Waals surface area contributed by atoms with Crippen molar-refractivity contribution in [2.45, 2.75) is 53.3 Å². The summed E-state index contributed by atoms with van der Waals surface area (Å²) < 4.78 is 9.75. The highest BCUT2D eigenvalue weighted by Crippen LogP contribution is 2.21. The van der Waals surface area contributed by atoms with Crippen LogP contribution in [0.1, 0.15) is 39.1 Å². The van der Waals surface area contributed by atoms with Gasteiger partial charge in [-0.3, -0.25) is 8.86 Å². The molecule has 1 heterocycles. The molecule has 5 heteroatoms. The molecule has 0 aliphatic heterocycles. The molecule has 0 radical (unpaired) electrons. The second-order valence-corrected chi connectivity index (χ2v) is 5.60. The summed E-state index contributed by atoms with van der Waals surface area (Å²) in [7, 11) is 1.98. The van der Waals surface area contributed by atoms with Crippen LogP contribution < -0.4 is 0 Å². The van der Waals surface area contributed by atoms with Gasteiger partial charge in [-0.15, -0.1) is 0 Å². The number of aryl methyl sites for hydroxylation is 2. The standard InChI is InChI=1S/C12H23N3OS/c1-9(2)15(17-16-10(3)4)8-12-7-11(5)13-14(12)6/h7,9-10H,8H2,1-6H3. The van der Waals surface area contributed by atoms with E-state index in [4.69, 9.17) is 4.18 Å². The predicted molar refractivity (Wildman–Crippen MR) is 72.4 cm³/mol. The zero-order valence-corrected chi connectivity index (χ0v) is 12.4. The van der Waals surface area contributed by atoms with E-state index < -0.39 is 0 Å². The van der Waals surface area contributed by atoms with Crippen molar-refractivity contribution in [1.29, 1.82) is 0 Å². The SMILES string of the molecule is Cc1cc(CN(SOC(C)C)C(C)C)n(C)n1. The fourth-order valence-electron chi connectivity index (χ4n) is 1.41. The molecule has 0 amide bonds. The Kier molecular flexibility index (Phi) is 5.49. The van der Waals surface area contributed by atoms with Gasteiger partial charge >= 0.3 is 0 Å². The van der Waals surface area contributed by atoms with Crippen LogP contribution in [-0.4, -0.2) is 26.2 Å². The smallest absolute Gasteiger partial charge is 0.0828 e. The highest BCUT2D eigenvalue weighted by Gasteiger charge is 2.15. The topological polar surface area (TPSA) is 30.3 Å². The molecule has 1 rings (SSSR count). The Morgan fingerprint density at radius 1 is 1.41 bits per heavy atom. The molecule has 0 fully saturated rings. The Morgan fingerprint density at radius 3 is 2.47 bits per heavy atom. The van der Waals surface area contributed by atoms with E-state index in [1.54, 1.807) is 0 Å². The van der Waals surface area contributed by atoms with Crippen LogP contribution in [0.25, 0.3) is 0 Å². The van der Waals surface area contributed by atoms with Crippen LogP contribution in [0.4, 0.5) is 0 Å². The van der Waals surface area contributed by atoms with Gasteiger partial charge in [-0.05, 0) is 40.7 Å². The minimum absolute atomic E-state index is 0.231. The molecule has 0 spiro atoms. The van der Waals surface area contributed by atoms with E-state index in [2.05, 4.69) is 29.3 Å². The Labute approximate surface area is 109 Å². The van der Waals surface area contributed by atoms with Gasteiger partial charge in [0.05, 0.1) is 36.3 Å². The Hall–Kier alpha value is -0.520. The summed E-state index contributed by atoms with van der Waals surface area (Å²) in [5, 5.41) is 4.36. The van der Waals surface area contributed by atoms with Gasteiger partial charge < -0.3 is 0 Å². The van der Waals surface area contributed by atoms with Gasteiger partial charge in [0, 0.05) is 13.1 Å². The van der Waals surface area contributed by atoms with Gasteiger partial charge in [0.15, 0.2) is 0 Å². The first-order chi connectivity index (χ1) is 7.90. The largest absolute Gasteiger partial charge is 0.298 e. The van der Waals surface area contributed by atoms with Crippen LogP contribution in [-0.2, 0) is 17.8 Å². The number of rotatable bonds is 6. The maximum absolute atomic E-state index is 5.60. The molecule has 0 aliphatic carbocycles. The number of hydrogen-bond acceptors (Lipinski definition) is 4. The van der Waals surface area contributed by atoms with E-state index in [0.717, 1.165) is 12.2 Å². The quantitative estimate of drug-likeness (QED) is 0.579. The van der Waals surface area contributed by atoms with Crippen LogP contribution in [0.2, 0.25) is 0 Å². The first-order valence-electron chi connectivity index (χ1n) is 5.99. The molecule has 4 nitrogen and oxygen atoms in total. The predicted octanol–water partition coefficient (Wildman–Crippen LogP) is 2.93. The van der Waals surface area contributed by atoms with Crippen molar-refractivity contribution >= 4 is 12.2 Å². The second-order valence-electron chi connectivity index (χ2n) is 4.79. The average molecular weight is 257 g/mol. The zero-order valence-electron chi connectivity index (χ0n) is 11.6. The lowest BCUT2D eigenvalue weighted by Crippen LogP contribution is -2.25. The van der Waals surface area contributed by atoms with Gasteiger partial charge in [-0.1, -0.05) is 0 Å². The van der Waals surface area contributed by atoms with E-state index in [1.807, 2.05) is 32.5 Å². The third-order valence-corrected chi connectivity index (χ3v) is 3.54. The van der Waals surface area contributed by atoms with Crippen molar-refractivity contribution < 1.29 is 4.18 Å². The van der Waals surface area contributed by atoms with Crippen molar-refractivity contribution in [1.82, 2.24) is 14.1 Å². The van der Waals surface area contributed by atoms with E-state index in [1.165, 1.54) is 17.9 Å². The molecular weight excluding hydrogens is 234 g/mol. The van der Waals surface area contributed by atoms with Crippen LogP contribution in [0.3, 0.4) is 0 Å². The first-order valence-corrected chi connectivity index (χ1v) is 6.69. The van der Waals surface area contributed by atoms with E-state index in [9.17, 15) is 0 Å². The van der Waals surface area contributed by atoms with Crippen molar-refractivity contribution in [2.75, 3.05) is 0 Å². The fourth-order valence-corrected chi connectivity index (χ4v) is 2.05. The highest BCUT2D eigenvalue weighted by atomic mass is 32.2. The summed E-state index contributed by atoms with van der Waals surface area (Å²) in [5.74, 6) is 0. The maximum atomic E-state index is 5.60. The van der Waals surface area contributed by atoms with E-state index >= 15 is 0 Å². The third-order valence-electron chi connectivity index (χ3n) is 2.32. The monoisotopic (exact) mass is 257 g/mol. The molecule has 1 aromatic rings. The van der Waals surface area contributed by atoms with Crippen molar-refractivity contribution in [2.24, 2.45) is 7.05 Å². The van der Waals surface area contributed by atoms with Crippen LogP contribution in [0, 0.1) is 6.92 Å². The lowest BCUT2D eigenvalue weighted by molar-refractivity contribution is 0.253. The van der Waals surface area contributed by atoms with Gasteiger partial charge in [-0.2, -0.15) is 5.10 Å². The third kappa shape index (κ3) is 4.69. The summed E-state index contributed by atoms with van der Waals surface area (Å²) in [4.78, 5) is 0. The lowest BCUT2D eigenvalue weighted by atomic mass is 10.3. The number of nitrogens with zero attached hydrogens (tertiary/aromatic N) is 3. The molecule has 0 aromatic carbocycles. The zero-order chi connectivity index (χ0) is 13.0. The normalized spacial score (nSPS) is 12.1. The van der Waals surface area contributed by atoms with Crippen LogP contribution in [0.15, 0.2) is 6.07 Å².